The predicted molar refractivity (Wildman–Crippen MR) is 85.1 cm³/mol. The molecule has 1 heterocycles. The van der Waals surface area contributed by atoms with E-state index in [-0.39, 0.29) is 4.90 Å². The van der Waals surface area contributed by atoms with Gasteiger partial charge in [0.05, 0.1) is 37.1 Å². The molecule has 0 radical (unpaired) electrons. The van der Waals surface area contributed by atoms with Crippen molar-refractivity contribution in [1.29, 1.82) is 0 Å². The van der Waals surface area contributed by atoms with Gasteiger partial charge in [-0.1, -0.05) is 0 Å². The van der Waals surface area contributed by atoms with E-state index in [0.717, 1.165) is 31.0 Å². The molecule has 126 valence electrons. The van der Waals surface area contributed by atoms with Crippen molar-refractivity contribution in [2.24, 2.45) is 11.8 Å². The van der Waals surface area contributed by atoms with Crippen LogP contribution in [0.4, 0.5) is 4.39 Å². The molecule has 3 atom stereocenters. The molecule has 0 spiro atoms. The van der Waals surface area contributed by atoms with Gasteiger partial charge in [-0.2, -0.15) is 4.31 Å². The second kappa shape index (κ2) is 5.83. The van der Waals surface area contributed by atoms with Crippen molar-refractivity contribution in [2.45, 2.75) is 36.6 Å². The topological polar surface area (TPSA) is 41.8 Å². The fourth-order valence-electron chi connectivity index (χ4n) is 4.88. The smallest absolute Gasteiger partial charge is 0.243 e. The van der Waals surface area contributed by atoms with E-state index < -0.39 is 15.8 Å². The maximum Gasteiger partial charge on any atom is 0.243 e. The van der Waals surface area contributed by atoms with Crippen LogP contribution in [0.5, 0.6) is 0 Å². The Morgan fingerprint density at radius 3 is 2.30 bits per heavy atom. The van der Waals surface area contributed by atoms with Crippen molar-refractivity contribution in [2.75, 3.05) is 26.2 Å². The van der Waals surface area contributed by atoms with Gasteiger partial charge in [-0.25, -0.2) is 12.8 Å². The van der Waals surface area contributed by atoms with Crippen molar-refractivity contribution >= 4 is 10.0 Å². The number of rotatable bonds is 3. The van der Waals surface area contributed by atoms with Crippen LogP contribution in [0, 0.1) is 17.7 Å². The van der Waals surface area contributed by atoms with E-state index in [4.69, 9.17) is 0 Å². The monoisotopic (exact) mass is 339 g/mol. The lowest BCUT2D eigenvalue weighted by molar-refractivity contribution is -0.932. The molecule has 23 heavy (non-hydrogen) atoms. The van der Waals surface area contributed by atoms with Crippen LogP contribution in [-0.2, 0) is 10.0 Å². The zero-order chi connectivity index (χ0) is 16.0. The van der Waals surface area contributed by atoms with Crippen molar-refractivity contribution in [3.8, 4) is 0 Å². The van der Waals surface area contributed by atoms with Gasteiger partial charge >= 0.3 is 0 Å². The van der Waals surface area contributed by atoms with Crippen LogP contribution in [0.25, 0.3) is 0 Å². The first kappa shape index (κ1) is 15.5. The van der Waals surface area contributed by atoms with Crippen LogP contribution in [0.1, 0.15) is 25.7 Å². The van der Waals surface area contributed by atoms with Gasteiger partial charge in [0, 0.05) is 12.3 Å². The number of nitrogens with zero attached hydrogens (tertiary/aromatic N) is 1. The molecule has 4 nitrogen and oxygen atoms in total. The Morgan fingerprint density at radius 2 is 1.74 bits per heavy atom. The van der Waals surface area contributed by atoms with Crippen molar-refractivity contribution in [1.82, 2.24) is 4.31 Å². The van der Waals surface area contributed by atoms with E-state index in [1.807, 2.05) is 0 Å². The van der Waals surface area contributed by atoms with Gasteiger partial charge in [0.25, 0.3) is 0 Å². The number of nitrogens with one attached hydrogen (secondary N) is 1. The lowest BCUT2D eigenvalue weighted by Gasteiger charge is -2.37. The summed E-state index contributed by atoms with van der Waals surface area (Å²) in [5, 5.41) is 0. The normalized spacial score (nSPS) is 32.5. The Bertz CT molecular complexity index is 668. The Kier molecular flexibility index (Phi) is 3.94. The van der Waals surface area contributed by atoms with Gasteiger partial charge in [-0.3, -0.25) is 0 Å². The molecule has 1 saturated heterocycles. The summed E-state index contributed by atoms with van der Waals surface area (Å²) in [6.45, 7) is 2.94. The number of benzene rings is 1. The Balaban J connectivity index is 1.42. The molecular weight excluding hydrogens is 315 g/mol. The summed E-state index contributed by atoms with van der Waals surface area (Å²) < 4.78 is 39.9. The quantitative estimate of drug-likeness (QED) is 0.889. The van der Waals surface area contributed by atoms with Gasteiger partial charge in [-0.15, -0.1) is 0 Å². The molecule has 2 bridgehead atoms. The Labute approximate surface area is 137 Å². The molecule has 1 aliphatic heterocycles. The maximum atomic E-state index is 13.0. The summed E-state index contributed by atoms with van der Waals surface area (Å²) in [6.07, 6.45) is 5.51. The minimum absolute atomic E-state index is 0.197. The number of quaternary nitrogens is 1. The Hall–Kier alpha value is -0.980. The second-order valence-corrected chi connectivity index (χ2v) is 9.24. The summed E-state index contributed by atoms with van der Waals surface area (Å²) in [6, 6.07) is 5.90. The molecule has 1 aromatic rings. The third-order valence-electron chi connectivity index (χ3n) is 6.08. The predicted octanol–water partition coefficient (Wildman–Crippen LogP) is 0.903. The SMILES string of the molecule is O=S(=O)(c1ccc(F)cc1)N1CC[NH+]([C@H]2C[C@H]3CC[C@@H]2C3)CC1. The van der Waals surface area contributed by atoms with Crippen LogP contribution in [-0.4, -0.2) is 44.9 Å². The molecule has 0 amide bonds. The van der Waals surface area contributed by atoms with Crippen LogP contribution >= 0.6 is 0 Å². The fourth-order valence-corrected chi connectivity index (χ4v) is 6.33. The van der Waals surface area contributed by atoms with Crippen LogP contribution < -0.4 is 4.90 Å². The standard InChI is InChI=1S/C17H23FN2O2S/c18-15-3-5-16(6-4-15)23(21,22)20-9-7-19(8-10-20)17-12-13-1-2-14(17)11-13/h3-6,13-14,17H,1-2,7-12H2/p+1/t13-,14+,17-/m0/s1. The minimum Gasteiger partial charge on any atom is -0.330 e. The van der Waals surface area contributed by atoms with E-state index in [9.17, 15) is 12.8 Å². The highest BCUT2D eigenvalue weighted by molar-refractivity contribution is 7.89. The number of sulfonamides is 1. The number of hydrogen-bond donors (Lipinski definition) is 1. The fraction of sp³-hybridized carbons (Fsp3) is 0.647. The first-order valence-corrected chi connectivity index (χ1v) is 10.1. The second-order valence-electron chi connectivity index (χ2n) is 7.30. The van der Waals surface area contributed by atoms with Crippen molar-refractivity contribution in [3.05, 3.63) is 30.1 Å². The van der Waals surface area contributed by atoms with E-state index in [1.165, 1.54) is 49.9 Å². The van der Waals surface area contributed by atoms with Gasteiger partial charge in [-0.05, 0) is 49.4 Å². The van der Waals surface area contributed by atoms with E-state index in [0.29, 0.717) is 13.1 Å². The molecule has 1 N–H and O–H groups in total. The Morgan fingerprint density at radius 1 is 1.04 bits per heavy atom. The lowest BCUT2D eigenvalue weighted by Crippen LogP contribution is -3.18. The maximum absolute atomic E-state index is 13.0. The number of piperazine rings is 1. The number of halogens is 1. The van der Waals surface area contributed by atoms with Crippen LogP contribution in [0.15, 0.2) is 29.2 Å². The molecule has 2 aliphatic carbocycles. The third kappa shape index (κ3) is 2.81. The molecule has 0 unspecified atom stereocenters. The highest BCUT2D eigenvalue weighted by atomic mass is 32.2. The minimum atomic E-state index is -3.48. The third-order valence-corrected chi connectivity index (χ3v) is 7.99. The van der Waals surface area contributed by atoms with Crippen molar-refractivity contribution < 1.29 is 17.7 Å². The van der Waals surface area contributed by atoms with Crippen LogP contribution in [0.2, 0.25) is 0 Å². The summed E-state index contributed by atoms with van der Waals surface area (Å²) in [4.78, 5) is 1.80. The first-order valence-electron chi connectivity index (χ1n) is 8.64. The largest absolute Gasteiger partial charge is 0.330 e. The summed E-state index contributed by atoms with van der Waals surface area (Å²) in [7, 11) is -3.48. The number of hydrogen-bond acceptors (Lipinski definition) is 2. The average Bonchev–Trinajstić information content (AvgIpc) is 3.18. The molecule has 4 rings (SSSR count). The van der Waals surface area contributed by atoms with Gasteiger partial charge in [0.2, 0.25) is 10.0 Å². The van der Waals surface area contributed by atoms with Gasteiger partial charge in [0.15, 0.2) is 0 Å². The highest BCUT2D eigenvalue weighted by Crippen LogP contribution is 2.43. The molecular formula is C17H24FN2O2S+. The molecule has 6 heteroatoms. The summed E-state index contributed by atoms with van der Waals surface area (Å²) in [5.41, 5.74) is 0. The van der Waals surface area contributed by atoms with Gasteiger partial charge in [0.1, 0.15) is 5.82 Å². The van der Waals surface area contributed by atoms with Gasteiger partial charge < -0.3 is 4.90 Å². The van der Waals surface area contributed by atoms with E-state index >= 15 is 0 Å². The summed E-state index contributed by atoms with van der Waals surface area (Å²) in [5.74, 6) is 1.39. The number of fused-ring (bicyclic) bond motifs is 2. The average molecular weight is 339 g/mol. The molecule has 1 aromatic carbocycles. The van der Waals surface area contributed by atoms with Crippen molar-refractivity contribution in [3.63, 3.8) is 0 Å². The first-order chi connectivity index (χ1) is 11.0. The molecule has 3 aliphatic rings. The zero-order valence-corrected chi connectivity index (χ0v) is 14.1. The highest BCUT2D eigenvalue weighted by Gasteiger charge is 2.46. The van der Waals surface area contributed by atoms with E-state index in [2.05, 4.69) is 0 Å². The lowest BCUT2D eigenvalue weighted by atomic mass is 9.93. The zero-order valence-electron chi connectivity index (χ0n) is 13.2. The molecule has 0 aromatic heterocycles. The molecule has 3 fully saturated rings. The summed E-state index contributed by atoms with van der Waals surface area (Å²) >= 11 is 0. The van der Waals surface area contributed by atoms with E-state index in [1.54, 1.807) is 9.21 Å². The molecule has 2 saturated carbocycles. The van der Waals surface area contributed by atoms with Crippen LogP contribution in [0.3, 0.4) is 0 Å².